The molecule has 1 N–H and O–H groups in total. The van der Waals surface area contributed by atoms with E-state index in [9.17, 15) is 9.18 Å². The number of thioether (sulfide) groups is 1. The summed E-state index contributed by atoms with van der Waals surface area (Å²) in [5.74, 6) is 0.533. The van der Waals surface area contributed by atoms with Gasteiger partial charge in [0.15, 0.2) is 0 Å². The maximum absolute atomic E-state index is 12.8. The minimum atomic E-state index is -0.265. The van der Waals surface area contributed by atoms with Gasteiger partial charge in [-0.1, -0.05) is 35.3 Å². The first kappa shape index (κ1) is 16.1. The number of anilines is 1. The molecule has 110 valence electrons. The number of hydrogen-bond acceptors (Lipinski definition) is 2. The van der Waals surface area contributed by atoms with Crippen molar-refractivity contribution in [2.45, 2.75) is 5.75 Å². The minimum Gasteiger partial charge on any atom is -0.325 e. The summed E-state index contributed by atoms with van der Waals surface area (Å²) in [6, 6.07) is 11.1. The Balaban J connectivity index is 1.80. The Bertz CT molecular complexity index is 614. The van der Waals surface area contributed by atoms with Gasteiger partial charge in [0.2, 0.25) is 5.91 Å². The highest BCUT2D eigenvalue weighted by atomic mass is 35.5. The summed E-state index contributed by atoms with van der Waals surface area (Å²) >= 11 is 13.2. The zero-order chi connectivity index (χ0) is 15.2. The van der Waals surface area contributed by atoms with Crippen LogP contribution in [0.3, 0.4) is 0 Å². The molecule has 2 aromatic carbocycles. The van der Waals surface area contributed by atoms with Crippen LogP contribution in [0.4, 0.5) is 10.1 Å². The monoisotopic (exact) mass is 343 g/mol. The highest BCUT2D eigenvalue weighted by Gasteiger charge is 2.05. The Morgan fingerprint density at radius 3 is 2.33 bits per heavy atom. The van der Waals surface area contributed by atoms with Gasteiger partial charge in [0.25, 0.3) is 0 Å². The number of amides is 1. The molecule has 0 unspecified atom stereocenters. The number of benzene rings is 2. The Morgan fingerprint density at radius 1 is 1.10 bits per heavy atom. The van der Waals surface area contributed by atoms with Crippen molar-refractivity contribution in [3.05, 3.63) is 63.9 Å². The molecule has 0 aliphatic rings. The quantitative estimate of drug-likeness (QED) is 0.827. The van der Waals surface area contributed by atoms with Crippen molar-refractivity contribution in [1.29, 1.82) is 0 Å². The first-order valence-corrected chi connectivity index (χ1v) is 8.02. The molecule has 0 bridgehead atoms. The number of carbonyl (C=O) groups is 1. The third-order valence-electron chi connectivity index (χ3n) is 2.56. The van der Waals surface area contributed by atoms with Crippen LogP contribution in [0, 0.1) is 5.82 Å². The highest BCUT2D eigenvalue weighted by molar-refractivity contribution is 7.99. The molecule has 0 spiro atoms. The number of halogens is 3. The fourth-order valence-electron chi connectivity index (χ4n) is 1.67. The maximum atomic E-state index is 12.8. The minimum absolute atomic E-state index is 0.138. The van der Waals surface area contributed by atoms with Gasteiger partial charge in [0.05, 0.1) is 5.75 Å². The van der Waals surface area contributed by atoms with Gasteiger partial charge in [-0.2, -0.15) is 0 Å². The third-order valence-corrected chi connectivity index (χ3v) is 4.00. The maximum Gasteiger partial charge on any atom is 0.234 e. The van der Waals surface area contributed by atoms with E-state index in [4.69, 9.17) is 23.2 Å². The molecule has 0 atom stereocenters. The zero-order valence-corrected chi connectivity index (χ0v) is 13.2. The van der Waals surface area contributed by atoms with Crippen molar-refractivity contribution in [2.75, 3.05) is 11.1 Å². The third kappa shape index (κ3) is 5.58. The van der Waals surface area contributed by atoms with Crippen molar-refractivity contribution in [1.82, 2.24) is 0 Å². The molecular weight excluding hydrogens is 332 g/mol. The molecule has 0 aliphatic heterocycles. The van der Waals surface area contributed by atoms with E-state index in [0.717, 1.165) is 5.56 Å². The standard InChI is InChI=1S/C15H12Cl2FNOS/c16-11-5-12(17)7-14(6-11)19-15(20)9-21-8-10-1-3-13(18)4-2-10/h1-7H,8-9H2,(H,19,20). The summed E-state index contributed by atoms with van der Waals surface area (Å²) in [6.45, 7) is 0. The molecule has 2 rings (SSSR count). The Morgan fingerprint density at radius 2 is 1.71 bits per heavy atom. The lowest BCUT2D eigenvalue weighted by Crippen LogP contribution is -2.14. The van der Waals surface area contributed by atoms with Crippen LogP contribution in [-0.4, -0.2) is 11.7 Å². The van der Waals surface area contributed by atoms with E-state index >= 15 is 0 Å². The van der Waals surface area contributed by atoms with E-state index in [1.54, 1.807) is 30.3 Å². The van der Waals surface area contributed by atoms with Crippen LogP contribution < -0.4 is 5.32 Å². The van der Waals surface area contributed by atoms with Crippen molar-refractivity contribution in [3.8, 4) is 0 Å². The lowest BCUT2D eigenvalue weighted by Gasteiger charge is -2.06. The van der Waals surface area contributed by atoms with Crippen molar-refractivity contribution in [2.24, 2.45) is 0 Å². The molecule has 6 heteroatoms. The fraction of sp³-hybridized carbons (Fsp3) is 0.133. The average molecular weight is 344 g/mol. The summed E-state index contributed by atoms with van der Waals surface area (Å²) in [4.78, 5) is 11.8. The molecule has 2 aromatic rings. The van der Waals surface area contributed by atoms with Crippen LogP contribution in [0.15, 0.2) is 42.5 Å². The van der Waals surface area contributed by atoms with Crippen LogP contribution in [0.1, 0.15) is 5.56 Å². The van der Waals surface area contributed by atoms with Gasteiger partial charge in [-0.05, 0) is 35.9 Å². The van der Waals surface area contributed by atoms with Crippen LogP contribution >= 0.6 is 35.0 Å². The van der Waals surface area contributed by atoms with Crippen LogP contribution in [-0.2, 0) is 10.5 Å². The normalized spacial score (nSPS) is 10.4. The van der Waals surface area contributed by atoms with E-state index in [1.165, 1.54) is 23.9 Å². The molecule has 1 amide bonds. The lowest BCUT2D eigenvalue weighted by molar-refractivity contribution is -0.113. The number of nitrogens with one attached hydrogen (secondary N) is 1. The van der Waals surface area contributed by atoms with Gasteiger partial charge in [0, 0.05) is 21.5 Å². The van der Waals surface area contributed by atoms with Crippen LogP contribution in [0.2, 0.25) is 10.0 Å². The summed E-state index contributed by atoms with van der Waals surface area (Å²) in [5, 5.41) is 3.67. The fourth-order valence-corrected chi connectivity index (χ4v) is 2.98. The van der Waals surface area contributed by atoms with E-state index in [1.807, 2.05) is 0 Å². The van der Waals surface area contributed by atoms with Gasteiger partial charge in [0.1, 0.15) is 5.82 Å². The molecule has 0 fully saturated rings. The van der Waals surface area contributed by atoms with Gasteiger partial charge >= 0.3 is 0 Å². The second-order valence-electron chi connectivity index (χ2n) is 4.33. The van der Waals surface area contributed by atoms with E-state index in [0.29, 0.717) is 27.2 Å². The lowest BCUT2D eigenvalue weighted by atomic mass is 10.2. The first-order valence-electron chi connectivity index (χ1n) is 6.11. The second-order valence-corrected chi connectivity index (χ2v) is 6.18. The molecule has 0 heterocycles. The molecule has 21 heavy (non-hydrogen) atoms. The number of hydrogen-bond donors (Lipinski definition) is 1. The molecular formula is C15H12Cl2FNOS. The molecule has 0 aliphatic carbocycles. The summed E-state index contributed by atoms with van der Waals surface area (Å²) in [5.41, 5.74) is 1.54. The van der Waals surface area contributed by atoms with Crippen LogP contribution in [0.25, 0.3) is 0 Å². The van der Waals surface area contributed by atoms with Crippen molar-refractivity contribution < 1.29 is 9.18 Å². The molecule has 0 saturated heterocycles. The van der Waals surface area contributed by atoms with Gasteiger partial charge < -0.3 is 5.32 Å². The van der Waals surface area contributed by atoms with Crippen LogP contribution in [0.5, 0.6) is 0 Å². The number of carbonyl (C=O) groups excluding carboxylic acids is 1. The van der Waals surface area contributed by atoms with Gasteiger partial charge in [-0.25, -0.2) is 4.39 Å². The Labute approximate surface area is 136 Å². The second kappa shape index (κ2) is 7.69. The zero-order valence-electron chi connectivity index (χ0n) is 10.9. The van der Waals surface area contributed by atoms with E-state index in [2.05, 4.69) is 5.32 Å². The predicted octanol–water partition coefficient (Wildman–Crippen LogP) is 5.00. The summed E-state index contributed by atoms with van der Waals surface area (Å²) in [7, 11) is 0. The predicted molar refractivity (Wildman–Crippen MR) is 87.7 cm³/mol. The Hall–Kier alpha value is -1.23. The van der Waals surface area contributed by atoms with E-state index in [-0.39, 0.29) is 11.7 Å². The number of rotatable bonds is 5. The highest BCUT2D eigenvalue weighted by Crippen LogP contribution is 2.22. The first-order chi connectivity index (χ1) is 10.0. The SMILES string of the molecule is O=C(CSCc1ccc(F)cc1)Nc1cc(Cl)cc(Cl)c1. The Kier molecular flexibility index (Phi) is 5.91. The largest absolute Gasteiger partial charge is 0.325 e. The average Bonchev–Trinajstić information content (AvgIpc) is 2.39. The topological polar surface area (TPSA) is 29.1 Å². The molecule has 0 saturated carbocycles. The molecule has 0 aromatic heterocycles. The molecule has 2 nitrogen and oxygen atoms in total. The van der Waals surface area contributed by atoms with E-state index < -0.39 is 0 Å². The smallest absolute Gasteiger partial charge is 0.234 e. The summed E-state index contributed by atoms with van der Waals surface area (Å²) < 4.78 is 12.8. The van der Waals surface area contributed by atoms with Gasteiger partial charge in [-0.3, -0.25) is 4.79 Å². The molecule has 0 radical (unpaired) electrons. The van der Waals surface area contributed by atoms with Crippen molar-refractivity contribution >= 4 is 46.6 Å². The van der Waals surface area contributed by atoms with Crippen molar-refractivity contribution in [3.63, 3.8) is 0 Å². The van der Waals surface area contributed by atoms with Gasteiger partial charge in [-0.15, -0.1) is 11.8 Å². The summed E-state index contributed by atoms with van der Waals surface area (Å²) in [6.07, 6.45) is 0.